The highest BCUT2D eigenvalue weighted by Crippen LogP contribution is 2.41. The predicted octanol–water partition coefficient (Wildman–Crippen LogP) is 7.69. The van der Waals surface area contributed by atoms with Crippen LogP contribution in [0.5, 0.6) is 0 Å². The van der Waals surface area contributed by atoms with Gasteiger partial charge in [-0.3, -0.25) is 0 Å². The van der Waals surface area contributed by atoms with Crippen molar-refractivity contribution in [2.75, 3.05) is 0 Å². The zero-order valence-corrected chi connectivity index (χ0v) is 20.8. The molecule has 0 spiro atoms. The highest BCUT2D eigenvalue weighted by atomic mass is 32.1. The molecule has 1 fully saturated rings. The van der Waals surface area contributed by atoms with Crippen LogP contribution in [0.25, 0.3) is 42.4 Å². The van der Waals surface area contributed by atoms with Gasteiger partial charge in [0.05, 0.1) is 11.2 Å². The molecule has 1 aromatic heterocycles. The molecular weight excluding hydrogens is 435 g/mol. The highest BCUT2D eigenvalue weighted by molar-refractivity contribution is 7.26. The molecule has 34 heavy (non-hydrogen) atoms. The van der Waals surface area contributed by atoms with E-state index in [4.69, 9.17) is 9.31 Å². The van der Waals surface area contributed by atoms with Crippen LogP contribution in [0.2, 0.25) is 0 Å². The van der Waals surface area contributed by atoms with E-state index in [1.165, 1.54) is 36.9 Å². The van der Waals surface area contributed by atoms with E-state index in [1.54, 1.807) is 0 Å². The van der Waals surface area contributed by atoms with Gasteiger partial charge in [0, 0.05) is 20.2 Å². The topological polar surface area (TPSA) is 18.5 Å². The average Bonchev–Trinajstić information content (AvgIpc) is 3.32. The van der Waals surface area contributed by atoms with Crippen molar-refractivity contribution < 1.29 is 9.31 Å². The van der Waals surface area contributed by atoms with Gasteiger partial charge in [0.15, 0.2) is 0 Å². The van der Waals surface area contributed by atoms with Crippen molar-refractivity contribution in [3.05, 3.63) is 91.0 Å². The summed E-state index contributed by atoms with van der Waals surface area (Å²) in [5.41, 5.74) is 5.13. The van der Waals surface area contributed by atoms with Gasteiger partial charge in [-0.05, 0) is 67.5 Å². The first-order valence-electron chi connectivity index (χ1n) is 11.8. The molecule has 0 saturated carbocycles. The van der Waals surface area contributed by atoms with E-state index in [0.717, 1.165) is 11.0 Å². The lowest BCUT2D eigenvalue weighted by Crippen LogP contribution is -2.41. The molecule has 0 radical (unpaired) electrons. The molecule has 6 rings (SSSR count). The Balaban J connectivity index is 1.46. The van der Waals surface area contributed by atoms with Gasteiger partial charge in [0.25, 0.3) is 0 Å². The second-order valence-corrected chi connectivity index (χ2v) is 11.1. The van der Waals surface area contributed by atoms with Crippen molar-refractivity contribution >= 4 is 44.1 Å². The maximum Gasteiger partial charge on any atom is 0.495 e. The standard InChI is InChI=1S/C30H27BO2S/c1-29(2)30(3,4)33-31(32-29)26-17-7-5-13-22(26)20-11-9-12-21(19-20)23-15-10-16-25-24-14-6-8-18-27(24)34-28(23)25/h5-19H,1-4H3. The van der Waals surface area contributed by atoms with Crippen LogP contribution in [0.3, 0.4) is 0 Å². The summed E-state index contributed by atoms with van der Waals surface area (Å²) in [6, 6.07) is 32.6. The zero-order chi connectivity index (χ0) is 23.5. The first-order chi connectivity index (χ1) is 16.3. The largest absolute Gasteiger partial charge is 0.495 e. The van der Waals surface area contributed by atoms with Crippen LogP contribution in [0, 0.1) is 0 Å². The lowest BCUT2D eigenvalue weighted by Gasteiger charge is -2.32. The number of rotatable bonds is 3. The molecule has 1 aliphatic rings. The number of hydrogen-bond acceptors (Lipinski definition) is 3. The molecule has 0 aliphatic carbocycles. The monoisotopic (exact) mass is 462 g/mol. The summed E-state index contributed by atoms with van der Waals surface area (Å²) in [4.78, 5) is 0. The molecule has 2 nitrogen and oxygen atoms in total. The molecular formula is C30H27BO2S. The molecule has 5 aromatic rings. The maximum absolute atomic E-state index is 6.40. The van der Waals surface area contributed by atoms with Crippen molar-refractivity contribution in [2.24, 2.45) is 0 Å². The van der Waals surface area contributed by atoms with Crippen LogP contribution in [0.4, 0.5) is 0 Å². The van der Waals surface area contributed by atoms with Crippen LogP contribution < -0.4 is 5.46 Å². The Morgan fingerprint density at radius 1 is 0.618 bits per heavy atom. The molecule has 0 N–H and O–H groups in total. The maximum atomic E-state index is 6.40. The Morgan fingerprint density at radius 3 is 2.00 bits per heavy atom. The zero-order valence-electron chi connectivity index (χ0n) is 20.0. The minimum atomic E-state index is -0.393. The van der Waals surface area contributed by atoms with Gasteiger partial charge in [0.1, 0.15) is 0 Å². The number of fused-ring (bicyclic) bond motifs is 3. The molecule has 0 atom stereocenters. The van der Waals surface area contributed by atoms with Crippen molar-refractivity contribution in [1.29, 1.82) is 0 Å². The first-order valence-corrected chi connectivity index (χ1v) is 12.6. The Labute approximate surface area is 205 Å². The second kappa shape index (κ2) is 7.81. The van der Waals surface area contributed by atoms with Gasteiger partial charge in [0.2, 0.25) is 0 Å². The molecule has 0 amide bonds. The molecule has 4 aromatic carbocycles. The van der Waals surface area contributed by atoms with Gasteiger partial charge in [-0.2, -0.15) is 0 Å². The van der Waals surface area contributed by atoms with Crippen LogP contribution >= 0.6 is 11.3 Å². The molecule has 1 aliphatic heterocycles. The summed E-state index contributed by atoms with van der Waals surface area (Å²) < 4.78 is 15.5. The molecule has 168 valence electrons. The molecule has 2 heterocycles. The van der Waals surface area contributed by atoms with E-state index in [9.17, 15) is 0 Å². The predicted molar refractivity (Wildman–Crippen MR) is 146 cm³/mol. The third-order valence-corrected chi connectivity index (χ3v) is 8.58. The van der Waals surface area contributed by atoms with Crippen LogP contribution in [0.15, 0.2) is 91.0 Å². The molecule has 0 bridgehead atoms. The SMILES string of the molecule is CC1(C)OB(c2ccccc2-c2cccc(-c3cccc4c3sc3ccccc34)c2)OC1(C)C. The van der Waals surface area contributed by atoms with Gasteiger partial charge >= 0.3 is 7.12 Å². The van der Waals surface area contributed by atoms with Crippen LogP contribution in [-0.4, -0.2) is 18.3 Å². The quantitative estimate of drug-likeness (QED) is 0.256. The first kappa shape index (κ1) is 21.6. The summed E-state index contributed by atoms with van der Waals surface area (Å²) in [5.74, 6) is 0. The van der Waals surface area contributed by atoms with Gasteiger partial charge in [-0.15, -0.1) is 11.3 Å². The van der Waals surface area contributed by atoms with Crippen molar-refractivity contribution in [2.45, 2.75) is 38.9 Å². The van der Waals surface area contributed by atoms with Gasteiger partial charge < -0.3 is 9.31 Å². The lowest BCUT2D eigenvalue weighted by molar-refractivity contribution is 0.00578. The van der Waals surface area contributed by atoms with E-state index in [0.29, 0.717) is 0 Å². The minimum Gasteiger partial charge on any atom is -0.399 e. The molecule has 1 saturated heterocycles. The van der Waals surface area contributed by atoms with E-state index in [-0.39, 0.29) is 11.2 Å². The third kappa shape index (κ3) is 3.40. The van der Waals surface area contributed by atoms with Crippen LogP contribution in [0.1, 0.15) is 27.7 Å². The Morgan fingerprint density at radius 2 is 1.21 bits per heavy atom. The van der Waals surface area contributed by atoms with Crippen molar-refractivity contribution in [1.82, 2.24) is 0 Å². The molecule has 0 unspecified atom stereocenters. The number of thiophene rings is 1. The van der Waals surface area contributed by atoms with Crippen LogP contribution in [-0.2, 0) is 9.31 Å². The van der Waals surface area contributed by atoms with Crippen molar-refractivity contribution in [3.8, 4) is 22.3 Å². The summed E-state index contributed by atoms with van der Waals surface area (Å²) in [6.45, 7) is 8.40. The fourth-order valence-electron chi connectivity index (χ4n) is 4.76. The number of hydrogen-bond donors (Lipinski definition) is 0. The summed E-state index contributed by atoms with van der Waals surface area (Å²) >= 11 is 1.87. The fraction of sp³-hybridized carbons (Fsp3) is 0.200. The van der Waals surface area contributed by atoms with E-state index in [1.807, 2.05) is 11.3 Å². The fourth-order valence-corrected chi connectivity index (χ4v) is 6.00. The Kier molecular flexibility index (Phi) is 4.96. The molecule has 4 heteroatoms. The second-order valence-electron chi connectivity index (χ2n) is 10.0. The minimum absolute atomic E-state index is 0.372. The van der Waals surface area contributed by atoms with E-state index >= 15 is 0 Å². The Bertz CT molecular complexity index is 1520. The normalized spacial score (nSPS) is 17.0. The van der Waals surface area contributed by atoms with Gasteiger partial charge in [-0.25, -0.2) is 0 Å². The summed E-state index contributed by atoms with van der Waals surface area (Å²) in [6.07, 6.45) is 0. The number of benzene rings is 4. The average molecular weight is 462 g/mol. The van der Waals surface area contributed by atoms with E-state index in [2.05, 4.69) is 119 Å². The highest BCUT2D eigenvalue weighted by Gasteiger charge is 2.52. The smallest absolute Gasteiger partial charge is 0.399 e. The third-order valence-electron chi connectivity index (χ3n) is 7.36. The lowest BCUT2D eigenvalue weighted by atomic mass is 9.74. The van der Waals surface area contributed by atoms with E-state index < -0.39 is 7.12 Å². The Hall–Kier alpha value is -2.92. The summed E-state index contributed by atoms with van der Waals surface area (Å²) in [5, 5.41) is 2.65. The van der Waals surface area contributed by atoms with Gasteiger partial charge in [-0.1, -0.05) is 78.9 Å². The summed E-state index contributed by atoms with van der Waals surface area (Å²) in [7, 11) is -0.393. The van der Waals surface area contributed by atoms with Crippen molar-refractivity contribution in [3.63, 3.8) is 0 Å².